The van der Waals surface area contributed by atoms with Gasteiger partial charge in [0, 0.05) is 9.35 Å². The van der Waals surface area contributed by atoms with Gasteiger partial charge < -0.3 is 0 Å². The number of alkyl halides is 1. The molecule has 1 aromatic carbocycles. The average molecular weight is 381 g/mol. The molecular weight excluding hydrogens is 371 g/mol. The molecule has 1 aromatic heterocycles. The third-order valence-electron chi connectivity index (χ3n) is 2.38. The summed E-state index contributed by atoms with van der Waals surface area (Å²) in [6, 6.07) is 10.3. The third-order valence-corrected chi connectivity index (χ3v) is 6.30. The number of aryl methyl sites for hydroxylation is 1. The fraction of sp³-hybridized carbons (Fsp3) is 0.167. The Morgan fingerprint density at radius 2 is 1.94 bits per heavy atom. The minimum absolute atomic E-state index is 0.0752. The van der Waals surface area contributed by atoms with Crippen LogP contribution in [0.3, 0.4) is 0 Å². The summed E-state index contributed by atoms with van der Waals surface area (Å²) >= 11 is 15.1. The van der Waals surface area contributed by atoms with Crippen molar-refractivity contribution in [1.82, 2.24) is 0 Å². The van der Waals surface area contributed by atoms with Crippen LogP contribution in [0.1, 0.15) is 21.4 Å². The lowest BCUT2D eigenvalue weighted by Gasteiger charge is -2.10. The Morgan fingerprint density at radius 3 is 2.50 bits per heavy atom. The largest absolute Gasteiger partial charge is 0.130 e. The molecule has 16 heavy (non-hydrogen) atoms. The normalized spacial score (nSPS) is 12.8. The van der Waals surface area contributed by atoms with Crippen molar-refractivity contribution in [2.45, 2.75) is 12.3 Å². The summed E-state index contributed by atoms with van der Waals surface area (Å²) in [5.74, 6) is 0. The molecule has 0 nitrogen and oxygen atoms in total. The molecule has 0 amide bonds. The number of hydrogen-bond donors (Lipinski definition) is 0. The molecule has 0 bridgehead atoms. The van der Waals surface area contributed by atoms with Crippen molar-refractivity contribution in [3.05, 3.63) is 54.6 Å². The van der Waals surface area contributed by atoms with Crippen LogP contribution in [-0.4, -0.2) is 0 Å². The first-order valence-corrected chi connectivity index (χ1v) is 7.58. The highest BCUT2D eigenvalue weighted by atomic mass is 79.9. The summed E-state index contributed by atoms with van der Waals surface area (Å²) in [6.07, 6.45) is 0. The molecule has 84 valence electrons. The van der Waals surface area contributed by atoms with Crippen LogP contribution in [0.5, 0.6) is 0 Å². The second-order valence-corrected chi connectivity index (χ2v) is 7.18. The van der Waals surface area contributed by atoms with Crippen LogP contribution in [0.15, 0.2) is 38.6 Å². The van der Waals surface area contributed by atoms with Crippen LogP contribution >= 0.6 is 54.8 Å². The molecule has 2 aromatic rings. The molecule has 0 aliphatic rings. The van der Waals surface area contributed by atoms with Gasteiger partial charge in [-0.15, -0.1) is 22.9 Å². The Labute approximate surface area is 121 Å². The number of rotatable bonds is 2. The smallest absolute Gasteiger partial charge is 0.0931 e. The van der Waals surface area contributed by atoms with Crippen molar-refractivity contribution in [3.63, 3.8) is 0 Å². The number of benzene rings is 1. The maximum Gasteiger partial charge on any atom is 0.0931 e. The Morgan fingerprint density at radius 1 is 1.25 bits per heavy atom. The van der Waals surface area contributed by atoms with Crippen molar-refractivity contribution < 1.29 is 0 Å². The van der Waals surface area contributed by atoms with Gasteiger partial charge in [0.2, 0.25) is 0 Å². The SMILES string of the molecule is Cc1ccccc1C(Cl)c1cc(Br)c(Br)s1. The van der Waals surface area contributed by atoms with E-state index in [2.05, 4.69) is 57.0 Å². The lowest BCUT2D eigenvalue weighted by Crippen LogP contribution is -1.93. The minimum atomic E-state index is -0.0752. The van der Waals surface area contributed by atoms with E-state index in [-0.39, 0.29) is 5.38 Å². The maximum absolute atomic E-state index is 6.49. The molecule has 0 fully saturated rings. The Hall–Kier alpha value is 0.170. The number of halogens is 3. The van der Waals surface area contributed by atoms with E-state index >= 15 is 0 Å². The van der Waals surface area contributed by atoms with Gasteiger partial charge in [-0.3, -0.25) is 0 Å². The van der Waals surface area contributed by atoms with E-state index in [1.807, 2.05) is 12.1 Å². The van der Waals surface area contributed by atoms with Crippen LogP contribution < -0.4 is 0 Å². The molecule has 0 N–H and O–H groups in total. The van der Waals surface area contributed by atoms with Gasteiger partial charge in [-0.05, 0) is 56.0 Å². The Balaban J connectivity index is 2.39. The van der Waals surface area contributed by atoms with Gasteiger partial charge in [0.05, 0.1) is 9.16 Å². The van der Waals surface area contributed by atoms with Gasteiger partial charge in [0.15, 0.2) is 0 Å². The van der Waals surface area contributed by atoms with E-state index in [9.17, 15) is 0 Å². The monoisotopic (exact) mass is 378 g/mol. The number of thiophene rings is 1. The topological polar surface area (TPSA) is 0 Å². The summed E-state index contributed by atoms with van der Waals surface area (Å²) in [4.78, 5) is 1.15. The molecule has 2 rings (SSSR count). The van der Waals surface area contributed by atoms with Crippen LogP contribution in [0.2, 0.25) is 0 Å². The van der Waals surface area contributed by atoms with Crippen molar-refractivity contribution >= 4 is 54.8 Å². The van der Waals surface area contributed by atoms with E-state index in [4.69, 9.17) is 11.6 Å². The van der Waals surface area contributed by atoms with Crippen molar-refractivity contribution in [2.75, 3.05) is 0 Å². The van der Waals surface area contributed by atoms with Crippen LogP contribution in [0, 0.1) is 6.92 Å². The van der Waals surface area contributed by atoms with E-state index < -0.39 is 0 Å². The first kappa shape index (κ1) is 12.6. The van der Waals surface area contributed by atoms with Crippen LogP contribution in [0.4, 0.5) is 0 Å². The first-order valence-electron chi connectivity index (χ1n) is 4.74. The lowest BCUT2D eigenvalue weighted by atomic mass is 10.0. The first-order chi connectivity index (χ1) is 7.59. The third kappa shape index (κ3) is 2.53. The quantitative estimate of drug-likeness (QED) is 0.568. The molecule has 1 atom stereocenters. The minimum Gasteiger partial charge on any atom is -0.130 e. The zero-order valence-corrected chi connectivity index (χ0v) is 13.3. The van der Waals surface area contributed by atoms with Gasteiger partial charge in [-0.1, -0.05) is 24.3 Å². The molecule has 0 saturated heterocycles. The average Bonchev–Trinajstić information content (AvgIpc) is 2.59. The summed E-state index contributed by atoms with van der Waals surface area (Å²) in [6.45, 7) is 2.09. The molecule has 0 aliphatic carbocycles. The second kappa shape index (κ2) is 5.21. The molecule has 0 aliphatic heterocycles. The highest BCUT2D eigenvalue weighted by Crippen LogP contribution is 2.40. The molecule has 4 heteroatoms. The molecular formula is C12H9Br2ClS. The highest BCUT2D eigenvalue weighted by Gasteiger charge is 2.16. The molecule has 0 saturated carbocycles. The standard InChI is InChI=1S/C12H9Br2ClS/c1-7-4-2-3-5-8(7)11(15)10-6-9(13)12(14)16-10/h2-6,11H,1H3. The van der Waals surface area contributed by atoms with Crippen molar-refractivity contribution in [1.29, 1.82) is 0 Å². The van der Waals surface area contributed by atoms with Gasteiger partial charge in [-0.25, -0.2) is 0 Å². The Bertz CT molecular complexity index is 488. The molecule has 0 spiro atoms. The van der Waals surface area contributed by atoms with Crippen molar-refractivity contribution in [3.8, 4) is 0 Å². The van der Waals surface area contributed by atoms with Crippen LogP contribution in [-0.2, 0) is 0 Å². The second-order valence-electron chi connectivity index (χ2n) is 3.49. The zero-order valence-electron chi connectivity index (χ0n) is 8.51. The van der Waals surface area contributed by atoms with E-state index in [1.54, 1.807) is 11.3 Å². The number of hydrogen-bond acceptors (Lipinski definition) is 1. The summed E-state index contributed by atoms with van der Waals surface area (Å²) in [5.41, 5.74) is 2.40. The van der Waals surface area contributed by atoms with Gasteiger partial charge in [0.25, 0.3) is 0 Å². The highest BCUT2D eigenvalue weighted by molar-refractivity contribution is 9.13. The van der Waals surface area contributed by atoms with E-state index in [0.29, 0.717) is 0 Å². The van der Waals surface area contributed by atoms with Gasteiger partial charge in [-0.2, -0.15) is 0 Å². The van der Waals surface area contributed by atoms with Gasteiger partial charge in [0.1, 0.15) is 0 Å². The molecule has 0 radical (unpaired) electrons. The van der Waals surface area contributed by atoms with E-state index in [0.717, 1.165) is 13.1 Å². The van der Waals surface area contributed by atoms with Crippen LogP contribution in [0.25, 0.3) is 0 Å². The summed E-state index contributed by atoms with van der Waals surface area (Å²) in [7, 11) is 0. The lowest BCUT2D eigenvalue weighted by molar-refractivity contribution is 1.14. The Kier molecular flexibility index (Phi) is 4.11. The van der Waals surface area contributed by atoms with E-state index in [1.165, 1.54) is 11.1 Å². The summed E-state index contributed by atoms with van der Waals surface area (Å²) < 4.78 is 2.15. The van der Waals surface area contributed by atoms with Gasteiger partial charge >= 0.3 is 0 Å². The zero-order chi connectivity index (χ0) is 11.7. The fourth-order valence-electron chi connectivity index (χ4n) is 1.51. The predicted molar refractivity (Wildman–Crippen MR) is 78.6 cm³/mol. The molecule has 1 unspecified atom stereocenters. The molecule has 1 heterocycles. The fourth-order valence-corrected chi connectivity index (χ4v) is 4.04. The summed E-state index contributed by atoms with van der Waals surface area (Å²) in [5, 5.41) is -0.0752. The van der Waals surface area contributed by atoms with Crippen molar-refractivity contribution in [2.24, 2.45) is 0 Å². The maximum atomic E-state index is 6.49. The predicted octanol–water partition coefficient (Wildman–Crippen LogP) is 5.91.